The molecule has 0 bridgehead atoms. The molecule has 0 spiro atoms. The van der Waals surface area contributed by atoms with Gasteiger partial charge in [0, 0.05) is 23.5 Å². The van der Waals surface area contributed by atoms with Gasteiger partial charge in [-0.3, -0.25) is 9.59 Å². The molecule has 2 amide bonds. The van der Waals surface area contributed by atoms with Gasteiger partial charge in [0.2, 0.25) is 5.91 Å². The van der Waals surface area contributed by atoms with Crippen LogP contribution in [0.3, 0.4) is 0 Å². The van der Waals surface area contributed by atoms with Crippen molar-refractivity contribution in [2.75, 3.05) is 16.8 Å². The summed E-state index contributed by atoms with van der Waals surface area (Å²) < 4.78 is 13.2. The van der Waals surface area contributed by atoms with Crippen LogP contribution in [-0.2, 0) is 11.2 Å². The van der Waals surface area contributed by atoms with Gasteiger partial charge in [0.1, 0.15) is 11.9 Å². The van der Waals surface area contributed by atoms with Gasteiger partial charge in [-0.1, -0.05) is 18.2 Å². The van der Waals surface area contributed by atoms with Gasteiger partial charge < -0.3 is 16.0 Å². The molecule has 1 unspecified atom stereocenters. The first-order valence-electron chi connectivity index (χ1n) is 10.2. The van der Waals surface area contributed by atoms with Crippen LogP contribution in [0, 0.1) is 17.1 Å². The summed E-state index contributed by atoms with van der Waals surface area (Å²) in [6.45, 7) is 0.621. The van der Waals surface area contributed by atoms with E-state index >= 15 is 0 Å². The number of nitrogens with two attached hydrogens (primary N) is 1. The number of benzene rings is 3. The predicted octanol–water partition coefficient (Wildman–Crippen LogP) is 3.93. The number of hydrogen-bond donors (Lipinski definition) is 2. The molecule has 4 rings (SSSR count). The van der Waals surface area contributed by atoms with Crippen LogP contribution in [0.15, 0.2) is 66.7 Å². The first kappa shape index (κ1) is 21.1. The van der Waals surface area contributed by atoms with E-state index in [0.717, 1.165) is 24.1 Å². The van der Waals surface area contributed by atoms with E-state index in [1.165, 1.54) is 24.3 Å². The monoisotopic (exact) mass is 428 g/mol. The number of hydrogen-bond acceptors (Lipinski definition) is 4. The van der Waals surface area contributed by atoms with Crippen molar-refractivity contribution < 1.29 is 14.0 Å². The van der Waals surface area contributed by atoms with Gasteiger partial charge in [0.05, 0.1) is 11.6 Å². The Balaban J connectivity index is 1.67. The molecule has 0 saturated carbocycles. The lowest BCUT2D eigenvalue weighted by atomic mass is 9.95. The normalized spacial score (nSPS) is 13.6. The molecular formula is C25H21FN4O2. The van der Waals surface area contributed by atoms with Crippen molar-refractivity contribution in [2.24, 2.45) is 5.73 Å². The fourth-order valence-electron chi connectivity index (χ4n) is 4.07. The Morgan fingerprint density at radius 3 is 2.44 bits per heavy atom. The first-order chi connectivity index (χ1) is 15.5. The molecule has 1 atom stereocenters. The van der Waals surface area contributed by atoms with E-state index in [-0.39, 0.29) is 5.91 Å². The zero-order valence-electron chi connectivity index (χ0n) is 17.2. The highest BCUT2D eigenvalue weighted by atomic mass is 19.1. The molecule has 0 aliphatic carbocycles. The summed E-state index contributed by atoms with van der Waals surface area (Å²) in [6, 6.07) is 19.0. The molecule has 3 N–H and O–H groups in total. The predicted molar refractivity (Wildman–Crippen MR) is 120 cm³/mol. The number of primary amides is 1. The van der Waals surface area contributed by atoms with Gasteiger partial charge in [-0.25, -0.2) is 4.39 Å². The third-order valence-electron chi connectivity index (χ3n) is 5.58. The summed E-state index contributed by atoms with van der Waals surface area (Å²) in [7, 11) is 0. The van der Waals surface area contributed by atoms with Crippen molar-refractivity contribution in [1.29, 1.82) is 5.26 Å². The van der Waals surface area contributed by atoms with Crippen LogP contribution >= 0.6 is 0 Å². The van der Waals surface area contributed by atoms with E-state index in [1.807, 2.05) is 23.1 Å². The Hall–Kier alpha value is -4.18. The van der Waals surface area contributed by atoms with Crippen molar-refractivity contribution in [2.45, 2.75) is 18.9 Å². The summed E-state index contributed by atoms with van der Waals surface area (Å²) in [4.78, 5) is 27.1. The largest absolute Gasteiger partial charge is 0.368 e. The summed E-state index contributed by atoms with van der Waals surface area (Å²) in [5.74, 6) is -1.24. The number of nitriles is 1. The smallest absolute Gasteiger partial charge is 0.255 e. The minimum atomic E-state index is -0.704. The first-order valence-corrected chi connectivity index (χ1v) is 10.2. The second kappa shape index (κ2) is 8.90. The quantitative estimate of drug-likeness (QED) is 0.643. The van der Waals surface area contributed by atoms with Gasteiger partial charge in [0.25, 0.3) is 5.91 Å². The molecule has 0 saturated heterocycles. The van der Waals surface area contributed by atoms with Crippen LogP contribution < -0.4 is 16.0 Å². The van der Waals surface area contributed by atoms with Gasteiger partial charge in [-0.05, 0) is 72.5 Å². The van der Waals surface area contributed by atoms with Gasteiger partial charge in [0.15, 0.2) is 0 Å². The molecule has 32 heavy (non-hydrogen) atoms. The topological polar surface area (TPSA) is 99.2 Å². The highest BCUT2D eigenvalue weighted by molar-refractivity contribution is 6.05. The number of carbonyl (C=O) groups is 2. The van der Waals surface area contributed by atoms with E-state index in [9.17, 15) is 14.0 Å². The zero-order valence-corrected chi connectivity index (χ0v) is 17.2. The Labute approximate surface area is 185 Å². The standard InChI is InChI=1S/C25H21FN4O2/c26-19-12-10-18(11-13-19)25(32)29-21-4-1-5-22-20(21)3-2-14-30(22)23(24(28)31)17-8-6-16(15-27)7-9-17/h1,4-13,23H,2-3,14H2,(H2,28,31)(H,29,32). The average molecular weight is 428 g/mol. The number of fused-ring (bicyclic) bond motifs is 1. The van der Waals surface area contributed by atoms with E-state index in [0.29, 0.717) is 28.9 Å². The summed E-state index contributed by atoms with van der Waals surface area (Å²) >= 11 is 0. The van der Waals surface area contributed by atoms with Crippen molar-refractivity contribution in [3.05, 3.63) is 94.8 Å². The minimum Gasteiger partial charge on any atom is -0.368 e. The second-order valence-corrected chi connectivity index (χ2v) is 7.60. The van der Waals surface area contributed by atoms with E-state index < -0.39 is 17.8 Å². The Morgan fingerprint density at radius 1 is 1.06 bits per heavy atom. The molecule has 0 aromatic heterocycles. The Kier molecular flexibility index (Phi) is 5.86. The summed E-state index contributed by atoms with van der Waals surface area (Å²) in [6.07, 6.45) is 1.50. The lowest BCUT2D eigenvalue weighted by Gasteiger charge is -2.37. The molecule has 3 aromatic carbocycles. The molecule has 3 aromatic rings. The lowest BCUT2D eigenvalue weighted by Crippen LogP contribution is -2.41. The maximum Gasteiger partial charge on any atom is 0.255 e. The van der Waals surface area contributed by atoms with Crippen molar-refractivity contribution in [3.63, 3.8) is 0 Å². The fraction of sp³-hybridized carbons (Fsp3) is 0.160. The number of halogens is 1. The average Bonchev–Trinajstić information content (AvgIpc) is 2.80. The summed E-state index contributed by atoms with van der Waals surface area (Å²) in [5, 5.41) is 12.0. The zero-order chi connectivity index (χ0) is 22.7. The molecule has 6 nitrogen and oxygen atoms in total. The molecule has 1 aliphatic heterocycles. The maximum atomic E-state index is 13.2. The van der Waals surface area contributed by atoms with Crippen LogP contribution in [0.5, 0.6) is 0 Å². The number of anilines is 2. The molecule has 7 heteroatoms. The summed E-state index contributed by atoms with van der Waals surface area (Å²) in [5.41, 5.74) is 9.72. The second-order valence-electron chi connectivity index (χ2n) is 7.60. The highest BCUT2D eigenvalue weighted by Gasteiger charge is 2.30. The number of rotatable bonds is 5. The fourth-order valence-corrected chi connectivity index (χ4v) is 4.07. The lowest BCUT2D eigenvalue weighted by molar-refractivity contribution is -0.119. The van der Waals surface area contributed by atoms with Crippen LogP contribution in [0.25, 0.3) is 0 Å². The maximum absolute atomic E-state index is 13.2. The van der Waals surface area contributed by atoms with E-state index in [4.69, 9.17) is 11.0 Å². The molecule has 160 valence electrons. The third kappa shape index (κ3) is 4.16. The Morgan fingerprint density at radius 2 is 1.78 bits per heavy atom. The van der Waals surface area contributed by atoms with Crippen LogP contribution in [0.2, 0.25) is 0 Å². The number of carbonyl (C=O) groups excluding carboxylic acids is 2. The SMILES string of the molecule is N#Cc1ccc(C(C(N)=O)N2CCCc3c(NC(=O)c4ccc(F)cc4)cccc32)cc1. The van der Waals surface area contributed by atoms with Crippen molar-refractivity contribution >= 4 is 23.2 Å². The highest BCUT2D eigenvalue weighted by Crippen LogP contribution is 2.38. The van der Waals surface area contributed by atoms with Crippen LogP contribution in [-0.4, -0.2) is 18.4 Å². The van der Waals surface area contributed by atoms with Crippen LogP contribution in [0.4, 0.5) is 15.8 Å². The molecular weight excluding hydrogens is 407 g/mol. The van der Waals surface area contributed by atoms with Crippen molar-refractivity contribution in [1.82, 2.24) is 0 Å². The van der Waals surface area contributed by atoms with Crippen LogP contribution in [0.1, 0.15) is 39.5 Å². The van der Waals surface area contributed by atoms with Gasteiger partial charge in [-0.2, -0.15) is 5.26 Å². The third-order valence-corrected chi connectivity index (χ3v) is 5.58. The van der Waals surface area contributed by atoms with Crippen molar-refractivity contribution in [3.8, 4) is 6.07 Å². The van der Waals surface area contributed by atoms with E-state index in [1.54, 1.807) is 24.3 Å². The van der Waals surface area contributed by atoms with E-state index in [2.05, 4.69) is 11.4 Å². The number of nitrogens with zero attached hydrogens (tertiary/aromatic N) is 2. The molecule has 1 aliphatic rings. The molecule has 1 heterocycles. The number of amides is 2. The van der Waals surface area contributed by atoms with Gasteiger partial charge in [-0.15, -0.1) is 0 Å². The molecule has 0 fully saturated rings. The number of nitrogens with one attached hydrogen (secondary N) is 1. The van der Waals surface area contributed by atoms with Gasteiger partial charge >= 0.3 is 0 Å². The molecule has 0 radical (unpaired) electrons. The Bertz CT molecular complexity index is 1200. The minimum absolute atomic E-state index is 0.339.